The first-order valence-corrected chi connectivity index (χ1v) is 22.1. The average Bonchev–Trinajstić information content (AvgIpc) is 1.50. The Hall–Kier alpha value is -8.52. The van der Waals surface area contributed by atoms with Crippen molar-refractivity contribution in [3.8, 4) is 66.8 Å². The van der Waals surface area contributed by atoms with Crippen LogP contribution < -0.4 is 4.90 Å². The molecule has 4 aliphatic carbocycles. The van der Waals surface area contributed by atoms with Crippen LogP contribution in [0.3, 0.4) is 0 Å². The molecule has 0 radical (unpaired) electrons. The van der Waals surface area contributed by atoms with Crippen LogP contribution in [0.2, 0.25) is 0 Å². The average molecular weight is 961 g/mol. The van der Waals surface area contributed by atoms with Crippen LogP contribution in [0.15, 0.2) is 236 Å². The fourth-order valence-electron chi connectivity index (χ4n) is 10.6. The highest BCUT2D eigenvalue weighted by molar-refractivity contribution is 6.05. The van der Waals surface area contributed by atoms with Crippen molar-refractivity contribution in [2.75, 3.05) is 4.90 Å². The van der Waals surface area contributed by atoms with E-state index in [1.54, 1.807) is 0 Å². The molecular weight excluding hydrogens is 867 g/mol. The third-order valence-electron chi connectivity index (χ3n) is 13.7. The topological polar surface area (TPSA) is 3.24 Å². The van der Waals surface area contributed by atoms with Gasteiger partial charge in [-0.15, -0.1) is 0 Å². The van der Waals surface area contributed by atoms with Gasteiger partial charge in [0.2, 0.25) is 0 Å². The van der Waals surface area contributed by atoms with Crippen molar-refractivity contribution in [1.82, 2.24) is 0 Å². The van der Waals surface area contributed by atoms with Gasteiger partial charge in [0, 0.05) is 44.3 Å². The third kappa shape index (κ3) is 5.43. The molecule has 0 N–H and O–H groups in total. The second kappa shape index (κ2) is 14.8. The Kier molecular flexibility index (Phi) is 3.50. The number of hydrogen-bond acceptors (Lipinski definition) is 1. The Labute approximate surface area is 482 Å². The molecule has 15 rings (SSSR count). The summed E-state index contributed by atoms with van der Waals surface area (Å²) in [6.45, 7) is -15.7. The van der Waals surface area contributed by atoms with E-state index in [0.717, 1.165) is 42.5 Å². The number of benzene rings is 11. The monoisotopic (exact) mass is 961 g/mol. The lowest BCUT2D eigenvalue weighted by Gasteiger charge is -2.32. The van der Waals surface area contributed by atoms with Gasteiger partial charge >= 0.3 is 0 Å². The SMILES string of the molecule is [2H]c1cccc2c1-c1c([2H])c([2H])c(N(c3ccc4c(c3[2H])C3(c5c([2H])c([2H])c([2H])c([2H])c5-4)c4c([2H])c([2H])c([2H])c([2H])c4-c4c([2H])c([2H])c([2H])c([2H])c43)c3c([2H])c([2H])c(-c4c([2H])c([2H])c5cccc([2H])c5c4-c4c([2H])c([2H])c5c(c4[2H])-c4c([2H])c([2H])c([2H])c([2H])c4C5(C([2H])([2H])[2H])C([2H])([2H])[2H])c([2H])c3[2H])c([2H])c1C2(C([2H])([2H])[2H])C([2H])([2H])[2H]. The molecule has 11 aromatic carbocycles. The Morgan fingerprint density at radius 1 is 0.333 bits per heavy atom. The van der Waals surface area contributed by atoms with Gasteiger partial charge in [-0.25, -0.2) is 0 Å². The molecule has 1 spiro atoms. The van der Waals surface area contributed by atoms with Gasteiger partial charge in [-0.1, -0.05) is 221 Å². The first kappa shape index (κ1) is 17.1. The van der Waals surface area contributed by atoms with E-state index in [2.05, 4.69) is 0 Å². The predicted molar refractivity (Wildman–Crippen MR) is 301 cm³/mol. The molecule has 72 heavy (non-hydrogen) atoms. The lowest BCUT2D eigenvalue weighted by atomic mass is 9.70. The highest BCUT2D eigenvalue weighted by Gasteiger charge is 2.52. The van der Waals surface area contributed by atoms with Crippen LogP contribution in [0.5, 0.6) is 0 Å². The molecule has 0 fully saturated rings. The summed E-state index contributed by atoms with van der Waals surface area (Å²) < 4.78 is 409. The van der Waals surface area contributed by atoms with Crippen LogP contribution in [-0.4, -0.2) is 0 Å². The number of fused-ring (bicyclic) bond motifs is 17. The summed E-state index contributed by atoms with van der Waals surface area (Å²) >= 11 is 0. The van der Waals surface area contributed by atoms with E-state index in [0.29, 0.717) is 4.90 Å². The third-order valence-corrected chi connectivity index (χ3v) is 13.7. The largest absolute Gasteiger partial charge is 0.310 e. The van der Waals surface area contributed by atoms with Crippen molar-refractivity contribution in [2.45, 2.75) is 43.7 Å². The van der Waals surface area contributed by atoms with Gasteiger partial charge < -0.3 is 4.90 Å². The van der Waals surface area contributed by atoms with Crippen LogP contribution in [0.25, 0.3) is 77.5 Å². The molecule has 0 aromatic heterocycles. The van der Waals surface area contributed by atoms with Gasteiger partial charge in [-0.2, -0.15) is 0 Å². The molecule has 1 heteroatoms. The van der Waals surface area contributed by atoms with Crippen LogP contribution in [0.1, 0.15) is 131 Å². The highest BCUT2D eigenvalue weighted by atomic mass is 15.1. The second-order valence-electron chi connectivity index (χ2n) is 17.3. The van der Waals surface area contributed by atoms with E-state index in [1.165, 1.54) is 6.07 Å². The number of anilines is 3. The molecule has 0 aliphatic heterocycles. The number of hydrogen-bond donors (Lipinski definition) is 0. The second-order valence-corrected chi connectivity index (χ2v) is 17.3. The minimum absolute atomic E-state index is 0.381. The predicted octanol–water partition coefficient (Wildman–Crippen LogP) is 18.6. The van der Waals surface area contributed by atoms with Crippen molar-refractivity contribution in [3.63, 3.8) is 0 Å². The summed E-state index contributed by atoms with van der Waals surface area (Å²) in [7, 11) is 0. The van der Waals surface area contributed by atoms with Crippen LogP contribution in [-0.2, 0) is 16.2 Å². The zero-order valence-electron chi connectivity index (χ0n) is 79.6. The lowest BCUT2D eigenvalue weighted by Crippen LogP contribution is -2.26. The summed E-state index contributed by atoms with van der Waals surface area (Å²) in [4.78, 5) is 0.381. The van der Waals surface area contributed by atoms with Crippen LogP contribution >= 0.6 is 0 Å². The van der Waals surface area contributed by atoms with Crippen LogP contribution in [0, 0.1) is 0 Å². The zero-order valence-corrected chi connectivity index (χ0v) is 36.6. The first-order valence-electron chi connectivity index (χ1n) is 43.6. The van der Waals surface area contributed by atoms with E-state index in [-0.39, 0.29) is 0 Å². The molecule has 0 saturated heterocycles. The van der Waals surface area contributed by atoms with Gasteiger partial charge in [0.05, 0.1) is 47.9 Å². The molecule has 1 nitrogen and oxygen atoms in total. The number of nitrogens with zero attached hydrogens (tertiary/aromatic N) is 1. The summed E-state index contributed by atoms with van der Waals surface area (Å²) in [6, 6.07) is -26.8. The fraction of sp³-hybridized carbons (Fsp3) is 0.0986. The molecule has 4 aliphatic rings. The Morgan fingerprint density at radius 2 is 0.875 bits per heavy atom. The Bertz CT molecular complexity index is 6310. The van der Waals surface area contributed by atoms with Crippen molar-refractivity contribution >= 4 is 27.8 Å². The smallest absolute Gasteiger partial charge is 0.0726 e. The van der Waals surface area contributed by atoms with Crippen LogP contribution in [0.4, 0.5) is 17.1 Å². The van der Waals surface area contributed by atoms with E-state index >= 15 is 0 Å². The van der Waals surface area contributed by atoms with Crippen molar-refractivity contribution in [3.05, 3.63) is 280 Å². The molecule has 11 aromatic rings. The summed E-state index contributed by atoms with van der Waals surface area (Å²) in [5, 5.41) is -1.01. The van der Waals surface area contributed by atoms with Gasteiger partial charge in [-0.05, 0) is 164 Å². The highest BCUT2D eigenvalue weighted by Crippen LogP contribution is 2.63. The first-order chi connectivity index (χ1) is 53.2. The van der Waals surface area contributed by atoms with Gasteiger partial charge in [0.25, 0.3) is 0 Å². The quantitative estimate of drug-likeness (QED) is 0.166. The normalized spacial score (nSPS) is 24.2. The van der Waals surface area contributed by atoms with Crippen molar-refractivity contribution in [2.24, 2.45) is 0 Å². The molecule has 0 heterocycles. The summed E-state index contributed by atoms with van der Waals surface area (Å²) in [5.41, 5.74) is -31.0. The van der Waals surface area contributed by atoms with E-state index < -0.39 is 370 Å². The summed E-state index contributed by atoms with van der Waals surface area (Å²) in [6.07, 6.45) is 0. The molecule has 0 unspecified atom stereocenters. The molecular formula is C71H51N. The van der Waals surface area contributed by atoms with E-state index in [1.807, 2.05) is 0 Å². The van der Waals surface area contributed by atoms with Crippen molar-refractivity contribution in [1.29, 1.82) is 0 Å². The maximum absolute atomic E-state index is 11.0. The maximum atomic E-state index is 11.0. The zero-order chi connectivity index (χ0) is 85.1. The Morgan fingerprint density at radius 3 is 1.60 bits per heavy atom. The van der Waals surface area contributed by atoms with Gasteiger partial charge in [-0.3, -0.25) is 0 Å². The minimum Gasteiger partial charge on any atom is -0.310 e. The van der Waals surface area contributed by atoms with E-state index in [9.17, 15) is 41.1 Å². The standard InChI is InChI=1S/C71H51N/c1-69(2)61-25-13-8-23-56(61)59-41-46(32-40-62(59)69)68-50-18-6-5-17-44(50)31-37-51(68)45-29-33-47(34-30-45)72(48-35-38-57-52-19-7-12-24-60(52)70(3,4)66(57)42-48)49-36-39-58-55-22-11-16-28-65(55)71(67(58)43-49)63-26-14-9-20-53(63)54-21-10-15-27-64(54)71/h5-43H,1-4H3/i1D3,2D3,3D3,4D3,8D,9D,10D,11D,13D,14D,15D,16D,18D,19D,20D,21D,22D,23D,25D,26D,27D,28D,29D,30D,31D,32D,33D,34D,35D,37D,38D,40D,41D,42D,43D. The van der Waals surface area contributed by atoms with Gasteiger partial charge in [0.1, 0.15) is 0 Å². The minimum atomic E-state index is -3.94. The van der Waals surface area contributed by atoms with Gasteiger partial charge in [0.15, 0.2) is 0 Å². The maximum Gasteiger partial charge on any atom is 0.0726 e. The van der Waals surface area contributed by atoms with E-state index in [4.69, 9.17) is 17.8 Å². The Balaban J connectivity index is 1.14. The molecule has 0 atom stereocenters. The van der Waals surface area contributed by atoms with Crippen molar-refractivity contribution < 1.29 is 58.9 Å². The molecule has 340 valence electrons. The fourth-order valence-corrected chi connectivity index (χ4v) is 10.6. The lowest BCUT2D eigenvalue weighted by molar-refractivity contribution is 0.660. The molecule has 0 saturated carbocycles. The summed E-state index contributed by atoms with van der Waals surface area (Å²) in [5.74, 6) is 0. The molecule has 0 bridgehead atoms. The molecule has 0 amide bonds. The number of rotatable bonds is 5.